The lowest BCUT2D eigenvalue weighted by Crippen LogP contribution is -2.58. The molecule has 0 heterocycles. The molecular formula is C20H21NO6. The number of aliphatic carboxylic acids is 1. The Labute approximate surface area is 156 Å². The number of rotatable bonds is 8. The number of anilines is 1. The summed E-state index contributed by atoms with van der Waals surface area (Å²) in [6, 6.07) is 12.3. The molecule has 142 valence electrons. The van der Waals surface area contributed by atoms with Gasteiger partial charge in [0.05, 0.1) is 5.69 Å². The Morgan fingerprint density at radius 2 is 1.78 bits per heavy atom. The van der Waals surface area contributed by atoms with Crippen molar-refractivity contribution in [2.24, 2.45) is 0 Å². The summed E-state index contributed by atoms with van der Waals surface area (Å²) in [5, 5.41) is 12.3. The van der Waals surface area contributed by atoms with Crippen molar-refractivity contribution in [1.82, 2.24) is 0 Å². The maximum atomic E-state index is 12.3. The molecule has 0 saturated heterocycles. The fourth-order valence-electron chi connectivity index (χ4n) is 2.80. The van der Waals surface area contributed by atoms with E-state index < -0.39 is 23.6 Å². The molecule has 0 aromatic heterocycles. The zero-order chi connectivity index (χ0) is 20.0. The summed E-state index contributed by atoms with van der Waals surface area (Å²) in [7, 11) is 0. The van der Waals surface area contributed by atoms with Gasteiger partial charge in [0.1, 0.15) is 0 Å². The first-order chi connectivity index (χ1) is 12.8. The minimum atomic E-state index is -2.24. The average Bonchev–Trinajstić information content (AvgIpc) is 2.62. The number of esters is 1. The van der Waals surface area contributed by atoms with Gasteiger partial charge in [-0.3, -0.25) is 9.59 Å². The first kappa shape index (κ1) is 20.0. The molecule has 0 aliphatic heterocycles. The lowest BCUT2D eigenvalue weighted by atomic mass is 10.0. The normalized spacial score (nSPS) is 12.7. The molecule has 0 amide bonds. The molecule has 0 aliphatic carbocycles. The van der Waals surface area contributed by atoms with E-state index in [9.17, 15) is 19.5 Å². The second kappa shape index (κ2) is 8.35. The van der Waals surface area contributed by atoms with E-state index in [0.717, 1.165) is 24.3 Å². The second-order valence-corrected chi connectivity index (χ2v) is 5.89. The van der Waals surface area contributed by atoms with E-state index in [1.165, 1.54) is 6.08 Å². The van der Waals surface area contributed by atoms with E-state index in [2.05, 4.69) is 6.58 Å². The molecule has 0 radical (unpaired) electrons. The smallest absolute Gasteiger partial charge is 0.373 e. The molecule has 2 aromatic rings. The van der Waals surface area contributed by atoms with Gasteiger partial charge in [-0.25, -0.2) is 4.79 Å². The van der Waals surface area contributed by atoms with E-state index >= 15 is 0 Å². The molecule has 0 spiro atoms. The van der Waals surface area contributed by atoms with Crippen LogP contribution in [0.15, 0.2) is 55.1 Å². The van der Waals surface area contributed by atoms with Crippen molar-refractivity contribution in [3.05, 3.63) is 55.1 Å². The highest BCUT2D eigenvalue weighted by molar-refractivity contribution is 5.97. The quantitative estimate of drug-likeness (QED) is 0.329. The first-order valence-electron chi connectivity index (χ1n) is 8.32. The highest BCUT2D eigenvalue weighted by Crippen LogP contribution is 2.35. The minimum absolute atomic E-state index is 0.165. The number of benzene rings is 2. The van der Waals surface area contributed by atoms with Crippen molar-refractivity contribution in [1.29, 1.82) is 0 Å². The van der Waals surface area contributed by atoms with Crippen LogP contribution in [-0.4, -0.2) is 28.7 Å². The monoisotopic (exact) mass is 371 g/mol. The van der Waals surface area contributed by atoms with Gasteiger partial charge in [0.15, 0.2) is 0 Å². The van der Waals surface area contributed by atoms with Gasteiger partial charge in [0.25, 0.3) is 0 Å². The number of carbonyl (C=O) groups is 3. The molecule has 2 rings (SSSR count). The van der Waals surface area contributed by atoms with Crippen molar-refractivity contribution in [3.63, 3.8) is 0 Å². The van der Waals surface area contributed by atoms with Gasteiger partial charge in [-0.15, -0.1) is 6.58 Å². The van der Waals surface area contributed by atoms with Crippen LogP contribution in [0, 0.1) is 0 Å². The second-order valence-electron chi connectivity index (χ2n) is 5.89. The van der Waals surface area contributed by atoms with Crippen LogP contribution in [0.5, 0.6) is 0 Å². The van der Waals surface area contributed by atoms with Crippen LogP contribution in [0.25, 0.3) is 10.8 Å². The average molecular weight is 371 g/mol. The Morgan fingerprint density at radius 1 is 1.11 bits per heavy atom. The molecule has 0 bridgehead atoms. The summed E-state index contributed by atoms with van der Waals surface area (Å²) in [5.74, 6) is -3.04. The van der Waals surface area contributed by atoms with E-state index in [0.29, 0.717) is 5.39 Å². The van der Waals surface area contributed by atoms with E-state index in [1.807, 2.05) is 18.2 Å². The number of nitrogens with zero attached hydrogens (tertiary/aromatic N) is 1. The fourth-order valence-corrected chi connectivity index (χ4v) is 2.80. The van der Waals surface area contributed by atoms with Crippen LogP contribution in [0.3, 0.4) is 0 Å². The number of carboxylic acid groups (broad SMARTS) is 1. The molecule has 27 heavy (non-hydrogen) atoms. The zero-order valence-electron chi connectivity index (χ0n) is 15.2. The molecular weight excluding hydrogens is 350 g/mol. The summed E-state index contributed by atoms with van der Waals surface area (Å²) in [6.45, 7) is 5.83. The number of carbonyl (C=O) groups excluding carboxylic acids is 2. The number of hydroxylamine groups is 1. The molecule has 0 fully saturated rings. The Balaban J connectivity index is 2.75. The fraction of sp³-hybridized carbons (Fsp3) is 0.250. The molecule has 0 unspecified atom stereocenters. The van der Waals surface area contributed by atoms with Gasteiger partial charge in [-0.1, -0.05) is 42.5 Å². The highest BCUT2D eigenvalue weighted by Gasteiger charge is 2.50. The van der Waals surface area contributed by atoms with Gasteiger partial charge in [0.2, 0.25) is 0 Å². The van der Waals surface area contributed by atoms with Crippen LogP contribution in [0.2, 0.25) is 0 Å². The molecule has 0 aliphatic rings. The van der Waals surface area contributed by atoms with Gasteiger partial charge in [0, 0.05) is 25.7 Å². The van der Waals surface area contributed by atoms with Crippen LogP contribution >= 0.6 is 0 Å². The maximum Gasteiger partial charge on any atom is 0.373 e. The number of allylic oxidation sites excluding steroid dienone is 1. The Bertz CT molecular complexity index is 872. The van der Waals surface area contributed by atoms with Crippen molar-refractivity contribution in [2.45, 2.75) is 32.4 Å². The molecule has 2 aromatic carbocycles. The van der Waals surface area contributed by atoms with Gasteiger partial charge < -0.3 is 14.7 Å². The number of hydrogen-bond donors (Lipinski definition) is 1. The summed E-state index contributed by atoms with van der Waals surface area (Å²) < 4.78 is 5.23. The minimum Gasteiger partial charge on any atom is -0.477 e. The summed E-state index contributed by atoms with van der Waals surface area (Å²) in [4.78, 5) is 41.0. The molecule has 1 atom stereocenters. The largest absolute Gasteiger partial charge is 0.477 e. The number of hydrogen-bond acceptors (Lipinski definition) is 6. The number of ether oxygens (including phenoxy) is 1. The van der Waals surface area contributed by atoms with Gasteiger partial charge in [-0.2, -0.15) is 5.06 Å². The number of carboxylic acids is 1. The summed E-state index contributed by atoms with van der Waals surface area (Å²) >= 11 is 0. The van der Waals surface area contributed by atoms with E-state index in [-0.39, 0.29) is 18.5 Å². The van der Waals surface area contributed by atoms with Crippen LogP contribution in [0.4, 0.5) is 5.69 Å². The van der Waals surface area contributed by atoms with E-state index in [4.69, 9.17) is 9.57 Å². The highest BCUT2D eigenvalue weighted by atomic mass is 16.8. The van der Waals surface area contributed by atoms with Gasteiger partial charge in [-0.05, 0) is 17.9 Å². The predicted molar refractivity (Wildman–Crippen MR) is 99.8 cm³/mol. The Morgan fingerprint density at radius 3 is 2.37 bits per heavy atom. The van der Waals surface area contributed by atoms with Crippen LogP contribution < -0.4 is 5.06 Å². The van der Waals surface area contributed by atoms with Crippen LogP contribution in [-0.2, 0) is 24.0 Å². The van der Waals surface area contributed by atoms with Crippen LogP contribution in [0.1, 0.15) is 26.7 Å². The molecule has 7 heteroatoms. The van der Waals surface area contributed by atoms with Crippen molar-refractivity contribution < 1.29 is 29.1 Å². The predicted octanol–water partition coefficient (Wildman–Crippen LogP) is 3.43. The first-order valence-corrected chi connectivity index (χ1v) is 8.32. The number of fused-ring (bicyclic) bond motifs is 1. The Kier molecular flexibility index (Phi) is 6.18. The van der Waals surface area contributed by atoms with Crippen molar-refractivity contribution >= 4 is 34.4 Å². The lowest BCUT2D eigenvalue weighted by molar-refractivity contribution is -0.191. The van der Waals surface area contributed by atoms with Gasteiger partial charge >= 0.3 is 23.6 Å². The zero-order valence-corrected chi connectivity index (χ0v) is 15.2. The third-order valence-electron chi connectivity index (χ3n) is 3.87. The molecule has 0 saturated carbocycles. The third kappa shape index (κ3) is 4.25. The molecule has 1 N–H and O–H groups in total. The molecule has 7 nitrogen and oxygen atoms in total. The van der Waals surface area contributed by atoms with E-state index in [1.54, 1.807) is 24.3 Å². The SMILES string of the molecule is C=CCC[C@@](OC(C)=O)(C(=O)O)N(OC(C)=O)c1cccc2ccccc12. The standard InChI is InChI=1S/C20H21NO6/c1-4-5-13-20(19(24)25,26-14(2)22)21(27-15(3)23)18-12-8-10-16-9-6-7-11-17(16)18/h4,6-12H,1,5,13H2,2-3H3,(H,24,25)/t20-/m1/s1. The maximum absolute atomic E-state index is 12.3. The summed E-state index contributed by atoms with van der Waals surface area (Å²) in [6.07, 6.45) is 1.54. The topological polar surface area (TPSA) is 93.1 Å². The van der Waals surface area contributed by atoms with Crippen molar-refractivity contribution in [3.8, 4) is 0 Å². The Hall–Kier alpha value is -3.35. The summed E-state index contributed by atoms with van der Waals surface area (Å²) in [5.41, 5.74) is -1.95. The third-order valence-corrected chi connectivity index (χ3v) is 3.87. The van der Waals surface area contributed by atoms with Crippen molar-refractivity contribution in [2.75, 3.05) is 5.06 Å². The lowest BCUT2D eigenvalue weighted by Gasteiger charge is -2.38.